The smallest absolute Gasteiger partial charge is 0.254 e. The summed E-state index contributed by atoms with van der Waals surface area (Å²) < 4.78 is 5.89. The van der Waals surface area contributed by atoms with Crippen molar-refractivity contribution < 1.29 is 9.21 Å². The molecule has 1 unspecified atom stereocenters. The average molecular weight is 397 g/mol. The van der Waals surface area contributed by atoms with Crippen LogP contribution in [-0.2, 0) is 12.8 Å². The van der Waals surface area contributed by atoms with Crippen LogP contribution in [0.2, 0.25) is 0 Å². The van der Waals surface area contributed by atoms with E-state index >= 15 is 0 Å². The number of nitrogens with zero attached hydrogens (tertiary/aromatic N) is 3. The standard InChI is InChI=1S/C25H23N3O2/c29-25(28-16-6-10-22(28)20-9-4-5-15-26-20)19-12-13-23-21(17-19)27-24(30-23)14-11-18-7-2-1-3-8-18/h1-5,7-9,12-13,15,17,22H,6,10-11,14,16H2. The van der Waals surface area contributed by atoms with E-state index in [1.54, 1.807) is 6.20 Å². The number of oxazole rings is 1. The van der Waals surface area contributed by atoms with Crippen molar-refractivity contribution in [1.82, 2.24) is 14.9 Å². The molecule has 4 aromatic rings. The van der Waals surface area contributed by atoms with Crippen molar-refractivity contribution in [2.24, 2.45) is 0 Å². The molecule has 0 spiro atoms. The fourth-order valence-corrected chi connectivity index (χ4v) is 4.17. The summed E-state index contributed by atoms with van der Waals surface area (Å²) in [5, 5.41) is 0. The highest BCUT2D eigenvalue weighted by Gasteiger charge is 2.31. The fourth-order valence-electron chi connectivity index (χ4n) is 4.17. The Bertz CT molecular complexity index is 1150. The summed E-state index contributed by atoms with van der Waals surface area (Å²) in [5.74, 6) is 0.727. The van der Waals surface area contributed by atoms with Gasteiger partial charge in [0.25, 0.3) is 5.91 Å². The van der Waals surface area contributed by atoms with Gasteiger partial charge in [-0.25, -0.2) is 4.98 Å². The van der Waals surface area contributed by atoms with Crippen molar-refractivity contribution in [1.29, 1.82) is 0 Å². The number of aryl methyl sites for hydroxylation is 2. The maximum absolute atomic E-state index is 13.2. The number of aromatic nitrogens is 2. The Balaban J connectivity index is 1.35. The number of fused-ring (bicyclic) bond motifs is 1. The van der Waals surface area contributed by atoms with Crippen molar-refractivity contribution in [2.75, 3.05) is 6.54 Å². The predicted molar refractivity (Wildman–Crippen MR) is 115 cm³/mol. The van der Waals surface area contributed by atoms with Crippen LogP contribution < -0.4 is 0 Å². The van der Waals surface area contributed by atoms with Gasteiger partial charge in [0.1, 0.15) is 5.52 Å². The van der Waals surface area contributed by atoms with E-state index in [1.807, 2.05) is 59.5 Å². The first-order valence-corrected chi connectivity index (χ1v) is 10.4. The van der Waals surface area contributed by atoms with Crippen molar-refractivity contribution in [3.63, 3.8) is 0 Å². The molecule has 5 nitrogen and oxygen atoms in total. The van der Waals surface area contributed by atoms with Gasteiger partial charge in [-0.05, 0) is 55.2 Å². The molecular formula is C25H23N3O2. The van der Waals surface area contributed by atoms with E-state index in [1.165, 1.54) is 5.56 Å². The number of pyridine rings is 1. The van der Waals surface area contributed by atoms with E-state index in [-0.39, 0.29) is 11.9 Å². The van der Waals surface area contributed by atoms with E-state index < -0.39 is 0 Å². The molecule has 0 bridgehead atoms. The minimum atomic E-state index is 0.0267. The average Bonchev–Trinajstić information content (AvgIpc) is 3.45. The molecule has 150 valence electrons. The van der Waals surface area contributed by atoms with E-state index in [0.717, 1.165) is 49.0 Å². The Morgan fingerprint density at radius 2 is 1.90 bits per heavy atom. The van der Waals surface area contributed by atoms with Crippen LogP contribution in [0.25, 0.3) is 11.1 Å². The third kappa shape index (κ3) is 3.71. The van der Waals surface area contributed by atoms with E-state index in [4.69, 9.17) is 4.42 Å². The second-order valence-corrected chi connectivity index (χ2v) is 7.69. The van der Waals surface area contributed by atoms with Crippen LogP contribution in [0.3, 0.4) is 0 Å². The van der Waals surface area contributed by atoms with Gasteiger partial charge in [0.2, 0.25) is 0 Å². The maximum Gasteiger partial charge on any atom is 0.254 e. The summed E-state index contributed by atoms with van der Waals surface area (Å²) >= 11 is 0. The zero-order valence-electron chi connectivity index (χ0n) is 16.7. The van der Waals surface area contributed by atoms with Crippen LogP contribution in [-0.4, -0.2) is 27.3 Å². The van der Waals surface area contributed by atoms with Crippen LogP contribution in [0.1, 0.15) is 46.4 Å². The summed E-state index contributed by atoms with van der Waals surface area (Å²) in [6.45, 7) is 0.749. The fraction of sp³-hybridized carbons (Fsp3) is 0.240. The summed E-state index contributed by atoms with van der Waals surface area (Å²) in [4.78, 5) is 24.3. The van der Waals surface area contributed by atoms with Gasteiger partial charge in [0, 0.05) is 24.7 Å². The zero-order chi connectivity index (χ0) is 20.3. The topological polar surface area (TPSA) is 59.2 Å². The second kappa shape index (κ2) is 8.11. The Labute approximate surface area is 175 Å². The lowest BCUT2D eigenvalue weighted by atomic mass is 10.1. The van der Waals surface area contributed by atoms with Crippen LogP contribution in [0.15, 0.2) is 77.3 Å². The van der Waals surface area contributed by atoms with E-state index in [2.05, 4.69) is 22.1 Å². The highest BCUT2D eigenvalue weighted by molar-refractivity contribution is 5.97. The second-order valence-electron chi connectivity index (χ2n) is 7.69. The quantitative estimate of drug-likeness (QED) is 0.476. The molecule has 1 atom stereocenters. The van der Waals surface area contributed by atoms with Crippen molar-refractivity contribution in [3.8, 4) is 0 Å². The largest absolute Gasteiger partial charge is 0.441 e. The summed E-state index contributed by atoms with van der Waals surface area (Å²) in [5.41, 5.74) is 4.31. The minimum Gasteiger partial charge on any atom is -0.441 e. The number of rotatable bonds is 5. The van der Waals surface area contributed by atoms with Crippen molar-refractivity contribution >= 4 is 17.0 Å². The third-order valence-electron chi connectivity index (χ3n) is 5.69. The summed E-state index contributed by atoms with van der Waals surface area (Å²) in [7, 11) is 0. The first-order valence-electron chi connectivity index (χ1n) is 10.4. The number of likely N-dealkylation sites (tertiary alicyclic amines) is 1. The normalized spacial score (nSPS) is 16.3. The first-order chi connectivity index (χ1) is 14.8. The van der Waals surface area contributed by atoms with Gasteiger partial charge in [-0.1, -0.05) is 36.4 Å². The molecule has 1 saturated heterocycles. The van der Waals surface area contributed by atoms with Gasteiger partial charge in [-0.2, -0.15) is 0 Å². The lowest BCUT2D eigenvalue weighted by Crippen LogP contribution is -2.30. The molecule has 1 amide bonds. The number of carbonyl (C=O) groups is 1. The SMILES string of the molecule is O=C(c1ccc2oc(CCc3ccccc3)nc2c1)N1CCCC1c1ccccn1. The van der Waals surface area contributed by atoms with Gasteiger partial charge < -0.3 is 9.32 Å². The van der Waals surface area contributed by atoms with Crippen molar-refractivity contribution in [3.05, 3.63) is 95.6 Å². The van der Waals surface area contributed by atoms with Gasteiger partial charge in [-0.3, -0.25) is 9.78 Å². The first kappa shape index (κ1) is 18.6. The Morgan fingerprint density at radius 3 is 2.73 bits per heavy atom. The minimum absolute atomic E-state index is 0.0267. The van der Waals surface area contributed by atoms with Gasteiger partial charge in [-0.15, -0.1) is 0 Å². The molecule has 30 heavy (non-hydrogen) atoms. The molecule has 3 heterocycles. The molecule has 1 fully saturated rings. The van der Waals surface area contributed by atoms with E-state index in [0.29, 0.717) is 11.5 Å². The number of benzene rings is 2. The molecule has 2 aromatic carbocycles. The Morgan fingerprint density at radius 1 is 1.03 bits per heavy atom. The maximum atomic E-state index is 13.2. The van der Waals surface area contributed by atoms with Crippen molar-refractivity contribution in [2.45, 2.75) is 31.7 Å². The molecule has 5 heteroatoms. The lowest BCUT2D eigenvalue weighted by molar-refractivity contribution is 0.0733. The zero-order valence-corrected chi connectivity index (χ0v) is 16.7. The molecule has 0 N–H and O–H groups in total. The van der Waals surface area contributed by atoms with Crippen LogP contribution in [0, 0.1) is 0 Å². The molecule has 5 rings (SSSR count). The third-order valence-corrected chi connectivity index (χ3v) is 5.69. The molecule has 1 aliphatic rings. The van der Waals surface area contributed by atoms with E-state index in [9.17, 15) is 4.79 Å². The highest BCUT2D eigenvalue weighted by atomic mass is 16.3. The molecule has 0 aliphatic carbocycles. The molecule has 0 saturated carbocycles. The van der Waals surface area contributed by atoms with Gasteiger partial charge in [0.05, 0.1) is 11.7 Å². The van der Waals surface area contributed by atoms with Crippen LogP contribution in [0.4, 0.5) is 0 Å². The summed E-state index contributed by atoms with van der Waals surface area (Å²) in [6, 6.07) is 21.7. The number of carbonyl (C=O) groups excluding carboxylic acids is 1. The van der Waals surface area contributed by atoms with Crippen LogP contribution in [0.5, 0.6) is 0 Å². The number of hydrogen-bond donors (Lipinski definition) is 0. The highest BCUT2D eigenvalue weighted by Crippen LogP contribution is 2.32. The van der Waals surface area contributed by atoms with Gasteiger partial charge >= 0.3 is 0 Å². The number of hydrogen-bond acceptors (Lipinski definition) is 4. The molecular weight excluding hydrogens is 374 g/mol. The Hall–Kier alpha value is -3.47. The molecule has 1 aliphatic heterocycles. The van der Waals surface area contributed by atoms with Crippen LogP contribution >= 0.6 is 0 Å². The lowest BCUT2D eigenvalue weighted by Gasteiger charge is -2.24. The molecule has 2 aromatic heterocycles. The number of amides is 1. The monoisotopic (exact) mass is 397 g/mol. The Kier molecular flexibility index (Phi) is 5.01. The molecule has 0 radical (unpaired) electrons. The summed E-state index contributed by atoms with van der Waals surface area (Å²) in [6.07, 6.45) is 5.32. The van der Waals surface area contributed by atoms with Gasteiger partial charge in [0.15, 0.2) is 11.5 Å². The predicted octanol–water partition coefficient (Wildman–Crippen LogP) is 4.99.